The van der Waals surface area contributed by atoms with Crippen molar-refractivity contribution >= 4 is 23.0 Å². The monoisotopic (exact) mass is 371 g/mol. The lowest BCUT2D eigenvalue weighted by Crippen LogP contribution is -2.21. The van der Waals surface area contributed by atoms with E-state index in [-0.39, 0.29) is 18.0 Å². The molecule has 8 nitrogen and oxygen atoms in total. The van der Waals surface area contributed by atoms with Crippen LogP contribution in [0, 0.1) is 10.1 Å². The van der Waals surface area contributed by atoms with Crippen LogP contribution in [0.2, 0.25) is 0 Å². The van der Waals surface area contributed by atoms with E-state index in [9.17, 15) is 14.9 Å². The van der Waals surface area contributed by atoms with Gasteiger partial charge in [0.15, 0.2) is 12.4 Å². The Hall–Kier alpha value is -3.29. The minimum Gasteiger partial charge on any atom is -0.496 e. The van der Waals surface area contributed by atoms with E-state index in [0.29, 0.717) is 11.4 Å². The minimum absolute atomic E-state index is 0.0142. The van der Waals surface area contributed by atoms with E-state index >= 15 is 0 Å². The summed E-state index contributed by atoms with van der Waals surface area (Å²) in [5.74, 6) is -0.0361. The van der Waals surface area contributed by atoms with Crippen LogP contribution in [0.3, 0.4) is 0 Å². The van der Waals surface area contributed by atoms with Gasteiger partial charge in [-0.05, 0) is 49.2 Å². The summed E-state index contributed by atoms with van der Waals surface area (Å²) < 4.78 is 10.3. The number of hydrogen-bond donors (Lipinski definition) is 1. The average molecular weight is 371 g/mol. The van der Waals surface area contributed by atoms with Crippen molar-refractivity contribution in [2.75, 3.05) is 37.0 Å². The molecule has 1 aliphatic rings. The van der Waals surface area contributed by atoms with Crippen LogP contribution >= 0.6 is 0 Å². The van der Waals surface area contributed by atoms with Crippen molar-refractivity contribution in [1.29, 1.82) is 0 Å². The highest BCUT2D eigenvalue weighted by Gasteiger charge is 2.18. The number of methoxy groups -OCH3 is 1. The zero-order valence-corrected chi connectivity index (χ0v) is 15.0. The molecular weight excluding hydrogens is 350 g/mol. The van der Waals surface area contributed by atoms with Gasteiger partial charge in [0.2, 0.25) is 0 Å². The molecule has 2 aromatic carbocycles. The fraction of sp³-hybridized carbons (Fsp3) is 0.316. The highest BCUT2D eigenvalue weighted by Crippen LogP contribution is 2.31. The Morgan fingerprint density at radius 2 is 1.89 bits per heavy atom. The Balaban J connectivity index is 1.57. The van der Waals surface area contributed by atoms with Crippen molar-refractivity contribution < 1.29 is 19.2 Å². The molecule has 0 aromatic heterocycles. The predicted octanol–water partition coefficient (Wildman–Crippen LogP) is 3.22. The second-order valence-corrected chi connectivity index (χ2v) is 6.17. The SMILES string of the molecule is COc1ccc(OCC(=O)Nc2ccc(N3CCCC3)cc2)c([N+](=O)[O-])c1. The van der Waals surface area contributed by atoms with Gasteiger partial charge in [0.05, 0.1) is 18.1 Å². The van der Waals surface area contributed by atoms with E-state index in [1.165, 1.54) is 38.2 Å². The average Bonchev–Trinajstić information content (AvgIpc) is 3.21. The van der Waals surface area contributed by atoms with Crippen LogP contribution in [0.5, 0.6) is 11.5 Å². The van der Waals surface area contributed by atoms with Crippen LogP contribution in [-0.2, 0) is 4.79 Å². The number of hydrogen-bond acceptors (Lipinski definition) is 6. The molecule has 1 saturated heterocycles. The van der Waals surface area contributed by atoms with Gasteiger partial charge in [-0.25, -0.2) is 0 Å². The van der Waals surface area contributed by atoms with Gasteiger partial charge in [0.25, 0.3) is 5.91 Å². The van der Waals surface area contributed by atoms with Crippen LogP contribution in [0.15, 0.2) is 42.5 Å². The normalized spacial score (nSPS) is 13.3. The topological polar surface area (TPSA) is 93.9 Å². The molecule has 1 fully saturated rings. The molecule has 1 amide bonds. The van der Waals surface area contributed by atoms with E-state index in [0.717, 1.165) is 18.8 Å². The van der Waals surface area contributed by atoms with E-state index in [1.807, 2.05) is 24.3 Å². The van der Waals surface area contributed by atoms with E-state index in [4.69, 9.17) is 9.47 Å². The lowest BCUT2D eigenvalue weighted by Gasteiger charge is -2.17. The van der Waals surface area contributed by atoms with Gasteiger partial charge < -0.3 is 19.7 Å². The Morgan fingerprint density at radius 3 is 2.52 bits per heavy atom. The van der Waals surface area contributed by atoms with Gasteiger partial charge in [-0.2, -0.15) is 0 Å². The maximum absolute atomic E-state index is 12.1. The summed E-state index contributed by atoms with van der Waals surface area (Å²) in [6, 6.07) is 11.8. The molecule has 0 atom stereocenters. The largest absolute Gasteiger partial charge is 0.496 e. The number of carbonyl (C=O) groups excluding carboxylic acids is 1. The van der Waals surface area contributed by atoms with E-state index < -0.39 is 10.8 Å². The highest BCUT2D eigenvalue weighted by atomic mass is 16.6. The van der Waals surface area contributed by atoms with Crippen molar-refractivity contribution in [3.05, 3.63) is 52.6 Å². The summed E-state index contributed by atoms with van der Waals surface area (Å²) in [4.78, 5) is 24.9. The van der Waals surface area contributed by atoms with Crippen molar-refractivity contribution in [3.63, 3.8) is 0 Å². The van der Waals surface area contributed by atoms with Crippen molar-refractivity contribution in [2.24, 2.45) is 0 Å². The summed E-state index contributed by atoms with van der Waals surface area (Å²) >= 11 is 0. The Bertz CT molecular complexity index is 817. The molecule has 0 radical (unpaired) electrons. The Morgan fingerprint density at radius 1 is 1.19 bits per heavy atom. The summed E-state index contributed by atoms with van der Waals surface area (Å²) in [5, 5.41) is 13.9. The zero-order valence-electron chi connectivity index (χ0n) is 15.0. The Labute approximate surface area is 156 Å². The first-order valence-electron chi connectivity index (χ1n) is 8.67. The number of amides is 1. The summed E-state index contributed by atoms with van der Waals surface area (Å²) in [6.07, 6.45) is 2.40. The van der Waals surface area contributed by atoms with Crippen LogP contribution in [0.25, 0.3) is 0 Å². The predicted molar refractivity (Wildman–Crippen MR) is 102 cm³/mol. The molecule has 8 heteroatoms. The Kier molecular flexibility index (Phi) is 5.75. The molecule has 0 saturated carbocycles. The van der Waals surface area contributed by atoms with E-state index in [2.05, 4.69) is 10.2 Å². The molecule has 0 bridgehead atoms. The van der Waals surface area contributed by atoms with Gasteiger partial charge in [0.1, 0.15) is 5.75 Å². The second kappa shape index (κ2) is 8.39. The third kappa shape index (κ3) is 4.66. The fourth-order valence-electron chi connectivity index (χ4n) is 2.96. The fourth-order valence-corrected chi connectivity index (χ4v) is 2.96. The number of ether oxygens (including phenoxy) is 2. The van der Waals surface area contributed by atoms with Gasteiger partial charge >= 0.3 is 5.69 Å². The summed E-state index contributed by atoms with van der Waals surface area (Å²) in [7, 11) is 1.42. The molecule has 3 rings (SSSR count). The second-order valence-electron chi connectivity index (χ2n) is 6.17. The first kappa shape index (κ1) is 18.5. The third-order valence-corrected chi connectivity index (χ3v) is 4.34. The number of nitrogens with one attached hydrogen (secondary N) is 1. The molecule has 2 aromatic rings. The van der Waals surface area contributed by atoms with Crippen molar-refractivity contribution in [3.8, 4) is 11.5 Å². The van der Waals surface area contributed by atoms with Crippen LogP contribution in [-0.4, -0.2) is 37.6 Å². The third-order valence-electron chi connectivity index (χ3n) is 4.34. The molecule has 1 aliphatic heterocycles. The van der Waals surface area contributed by atoms with Crippen LogP contribution < -0.4 is 19.7 Å². The van der Waals surface area contributed by atoms with Crippen molar-refractivity contribution in [2.45, 2.75) is 12.8 Å². The molecule has 0 spiro atoms. The lowest BCUT2D eigenvalue weighted by molar-refractivity contribution is -0.385. The standard InChI is InChI=1S/C19H21N3O5/c1-26-16-8-9-18(17(12-16)22(24)25)27-13-19(23)20-14-4-6-15(7-5-14)21-10-2-3-11-21/h4-9,12H,2-3,10-11,13H2,1H3,(H,20,23). The quantitative estimate of drug-likeness (QED) is 0.593. The smallest absolute Gasteiger partial charge is 0.314 e. The first-order valence-corrected chi connectivity index (χ1v) is 8.67. The van der Waals surface area contributed by atoms with E-state index in [1.54, 1.807) is 0 Å². The van der Waals surface area contributed by atoms with Crippen molar-refractivity contribution in [1.82, 2.24) is 0 Å². The zero-order chi connectivity index (χ0) is 19.2. The molecule has 1 heterocycles. The minimum atomic E-state index is -0.577. The lowest BCUT2D eigenvalue weighted by atomic mass is 10.2. The number of benzene rings is 2. The van der Waals surface area contributed by atoms with Crippen LogP contribution in [0.1, 0.15) is 12.8 Å². The number of nitro groups is 1. The van der Waals surface area contributed by atoms with Gasteiger partial charge in [-0.3, -0.25) is 14.9 Å². The number of nitro benzene ring substituents is 1. The molecule has 142 valence electrons. The number of nitrogens with zero attached hydrogens (tertiary/aromatic N) is 2. The van der Waals surface area contributed by atoms with Crippen LogP contribution in [0.4, 0.5) is 17.1 Å². The number of anilines is 2. The maximum atomic E-state index is 12.1. The summed E-state index contributed by atoms with van der Waals surface area (Å²) in [5.41, 5.74) is 1.53. The maximum Gasteiger partial charge on any atom is 0.314 e. The molecular formula is C19H21N3O5. The van der Waals surface area contributed by atoms with Gasteiger partial charge in [-0.15, -0.1) is 0 Å². The van der Waals surface area contributed by atoms with Gasteiger partial charge in [0, 0.05) is 24.5 Å². The molecule has 0 aliphatic carbocycles. The highest BCUT2D eigenvalue weighted by molar-refractivity contribution is 5.92. The van der Waals surface area contributed by atoms with Gasteiger partial charge in [-0.1, -0.05) is 0 Å². The molecule has 27 heavy (non-hydrogen) atoms. The number of carbonyl (C=O) groups is 1. The number of rotatable bonds is 7. The summed E-state index contributed by atoms with van der Waals surface area (Å²) in [6.45, 7) is 1.78. The first-order chi connectivity index (χ1) is 13.1. The molecule has 1 N–H and O–H groups in total. The molecule has 0 unspecified atom stereocenters.